The van der Waals surface area contributed by atoms with Crippen molar-refractivity contribution in [3.05, 3.63) is 75.8 Å². The SMILES string of the molecule is C=C(CC)[C@H]1N(CC(=O)OC(C)(C)C)C(=S)C[C@@H](c2cccc(Cl)c2)[C@]12C(=O)Nc1cc(Cl)ccc12. The van der Waals surface area contributed by atoms with Crippen LogP contribution < -0.4 is 5.32 Å². The molecule has 8 heteroatoms. The van der Waals surface area contributed by atoms with Crippen LogP contribution in [0, 0.1) is 0 Å². The van der Waals surface area contributed by atoms with E-state index in [1.54, 1.807) is 18.2 Å². The van der Waals surface area contributed by atoms with Gasteiger partial charge in [0.15, 0.2) is 0 Å². The van der Waals surface area contributed by atoms with Gasteiger partial charge in [-0.15, -0.1) is 0 Å². The summed E-state index contributed by atoms with van der Waals surface area (Å²) in [5.74, 6) is -0.930. The maximum Gasteiger partial charge on any atom is 0.326 e. The fourth-order valence-electron chi connectivity index (χ4n) is 5.51. The minimum absolute atomic E-state index is 0.0833. The first-order valence-corrected chi connectivity index (χ1v) is 13.1. The highest BCUT2D eigenvalue weighted by Crippen LogP contribution is 2.57. The molecule has 0 aliphatic carbocycles. The van der Waals surface area contributed by atoms with E-state index in [1.807, 2.05) is 56.9 Å². The Labute approximate surface area is 227 Å². The van der Waals surface area contributed by atoms with Gasteiger partial charge in [0.2, 0.25) is 5.91 Å². The third-order valence-corrected chi connectivity index (χ3v) is 7.73. The van der Waals surface area contributed by atoms with E-state index in [4.69, 9.17) is 40.2 Å². The zero-order valence-corrected chi connectivity index (χ0v) is 23.2. The van der Waals surface area contributed by atoms with Gasteiger partial charge in [0.1, 0.15) is 17.6 Å². The first-order chi connectivity index (χ1) is 16.9. The molecule has 1 saturated heterocycles. The molecule has 2 aliphatic heterocycles. The fraction of sp³-hybridized carbons (Fsp3) is 0.393. The number of nitrogens with one attached hydrogen (secondary N) is 1. The molecule has 2 aromatic rings. The number of nitrogens with zero attached hydrogens (tertiary/aromatic N) is 1. The van der Waals surface area contributed by atoms with Crippen molar-refractivity contribution in [3.8, 4) is 0 Å². The van der Waals surface area contributed by atoms with Crippen molar-refractivity contribution in [2.45, 2.75) is 63.5 Å². The summed E-state index contributed by atoms with van der Waals surface area (Å²) in [6.07, 6.45) is 0.972. The largest absolute Gasteiger partial charge is 0.459 e. The molecular formula is C28H30Cl2N2O3S. The number of piperidine rings is 1. The highest BCUT2D eigenvalue weighted by atomic mass is 35.5. The molecule has 1 fully saturated rings. The van der Waals surface area contributed by atoms with Gasteiger partial charge in [0, 0.05) is 28.1 Å². The summed E-state index contributed by atoms with van der Waals surface area (Å²) in [6.45, 7) is 11.7. The number of halogens is 2. The molecule has 4 rings (SSSR count). The molecular weight excluding hydrogens is 515 g/mol. The van der Waals surface area contributed by atoms with Gasteiger partial charge in [0.05, 0.1) is 11.0 Å². The lowest BCUT2D eigenvalue weighted by Gasteiger charge is -2.53. The maximum absolute atomic E-state index is 14.2. The van der Waals surface area contributed by atoms with E-state index in [1.165, 1.54) is 0 Å². The smallest absolute Gasteiger partial charge is 0.326 e. The zero-order valence-electron chi connectivity index (χ0n) is 20.9. The van der Waals surface area contributed by atoms with Gasteiger partial charge in [-0.2, -0.15) is 0 Å². The number of likely N-dealkylation sites (tertiary alicyclic amines) is 1. The Bertz CT molecular complexity index is 1260. The second-order valence-electron chi connectivity index (χ2n) is 10.3. The second-order valence-corrected chi connectivity index (χ2v) is 11.7. The second kappa shape index (κ2) is 9.81. The number of hydrogen-bond donors (Lipinski definition) is 1. The van der Waals surface area contributed by atoms with Crippen LogP contribution in [-0.4, -0.2) is 40.0 Å². The summed E-state index contributed by atoms with van der Waals surface area (Å²) in [6, 6.07) is 12.4. The van der Waals surface area contributed by atoms with Gasteiger partial charge in [-0.3, -0.25) is 9.59 Å². The Kier molecular flexibility index (Phi) is 7.26. The highest BCUT2D eigenvalue weighted by molar-refractivity contribution is 7.80. The maximum atomic E-state index is 14.2. The molecule has 0 saturated carbocycles. The summed E-state index contributed by atoms with van der Waals surface area (Å²) >= 11 is 18.6. The molecule has 0 bridgehead atoms. The number of fused-ring (bicyclic) bond motifs is 2. The summed E-state index contributed by atoms with van der Waals surface area (Å²) in [7, 11) is 0. The van der Waals surface area contributed by atoms with E-state index in [2.05, 4.69) is 11.9 Å². The molecule has 1 amide bonds. The molecule has 5 nitrogen and oxygen atoms in total. The van der Waals surface area contributed by atoms with Crippen LogP contribution in [-0.2, 0) is 19.7 Å². The summed E-state index contributed by atoms with van der Waals surface area (Å²) in [5, 5.41) is 4.16. The van der Waals surface area contributed by atoms with E-state index in [9.17, 15) is 9.59 Å². The lowest BCUT2D eigenvalue weighted by molar-refractivity contribution is -0.156. The third kappa shape index (κ3) is 4.67. The van der Waals surface area contributed by atoms with Gasteiger partial charge >= 0.3 is 5.97 Å². The van der Waals surface area contributed by atoms with Crippen molar-refractivity contribution in [1.82, 2.24) is 4.90 Å². The van der Waals surface area contributed by atoms with Crippen LogP contribution in [0.1, 0.15) is 57.6 Å². The van der Waals surface area contributed by atoms with Crippen molar-refractivity contribution in [2.75, 3.05) is 11.9 Å². The number of benzene rings is 2. The highest BCUT2D eigenvalue weighted by Gasteiger charge is 2.62. The molecule has 2 aliphatic rings. The molecule has 1 N–H and O–H groups in total. The van der Waals surface area contributed by atoms with E-state index in [-0.39, 0.29) is 18.4 Å². The number of esters is 1. The Morgan fingerprint density at radius 1 is 1.22 bits per heavy atom. The van der Waals surface area contributed by atoms with Gasteiger partial charge in [-0.25, -0.2) is 0 Å². The lowest BCUT2D eigenvalue weighted by Crippen LogP contribution is -2.64. The minimum Gasteiger partial charge on any atom is -0.459 e. The van der Waals surface area contributed by atoms with Crippen LogP contribution in [0.25, 0.3) is 0 Å². The lowest BCUT2D eigenvalue weighted by atomic mass is 9.58. The number of thiocarbonyl (C=S) groups is 1. The predicted octanol–water partition coefficient (Wildman–Crippen LogP) is 6.68. The number of ether oxygens (including phenoxy) is 1. The standard InChI is InChI=1S/C28H30Cl2N2O3S/c1-6-16(2)25-28(20-11-10-19(30)13-22(20)31-26(28)34)21(17-8-7-9-18(29)12-17)14-23(36)32(25)15-24(33)35-27(3,4)5/h7-13,21,25H,2,6,14-15H2,1,3-5H3,(H,31,34)/t21-,25+,28-/m0/s1. The van der Waals surface area contributed by atoms with Crippen LogP contribution >= 0.6 is 35.4 Å². The summed E-state index contributed by atoms with van der Waals surface area (Å²) < 4.78 is 5.64. The Morgan fingerprint density at radius 3 is 2.56 bits per heavy atom. The zero-order chi connectivity index (χ0) is 26.4. The van der Waals surface area contributed by atoms with Crippen molar-refractivity contribution < 1.29 is 14.3 Å². The average Bonchev–Trinajstić information content (AvgIpc) is 3.05. The van der Waals surface area contributed by atoms with Crippen molar-refractivity contribution in [1.29, 1.82) is 0 Å². The fourth-order valence-corrected chi connectivity index (χ4v) is 6.22. The van der Waals surface area contributed by atoms with E-state index in [0.29, 0.717) is 33.6 Å². The van der Waals surface area contributed by atoms with Crippen LogP contribution in [0.2, 0.25) is 10.0 Å². The number of amides is 1. The molecule has 0 unspecified atom stereocenters. The van der Waals surface area contributed by atoms with Crippen molar-refractivity contribution >= 4 is 58.0 Å². The topological polar surface area (TPSA) is 58.6 Å². The number of carbonyl (C=O) groups excluding carboxylic acids is 2. The van der Waals surface area contributed by atoms with Gasteiger partial charge in [-0.05, 0) is 62.6 Å². The Morgan fingerprint density at radius 2 is 1.92 bits per heavy atom. The van der Waals surface area contributed by atoms with Crippen LogP contribution in [0.4, 0.5) is 5.69 Å². The normalized spacial score (nSPS) is 23.4. The number of anilines is 1. The molecule has 2 aromatic carbocycles. The number of hydrogen-bond acceptors (Lipinski definition) is 4. The minimum atomic E-state index is -1.11. The summed E-state index contributed by atoms with van der Waals surface area (Å²) in [4.78, 5) is 29.6. The molecule has 3 atom stereocenters. The first kappa shape index (κ1) is 26.6. The molecule has 2 heterocycles. The first-order valence-electron chi connectivity index (χ1n) is 11.9. The Balaban J connectivity index is 1.95. The monoisotopic (exact) mass is 544 g/mol. The molecule has 1 spiro atoms. The van der Waals surface area contributed by atoms with Crippen LogP contribution in [0.15, 0.2) is 54.6 Å². The average molecular weight is 546 g/mol. The number of rotatable bonds is 5. The predicted molar refractivity (Wildman–Crippen MR) is 149 cm³/mol. The van der Waals surface area contributed by atoms with E-state index < -0.39 is 23.0 Å². The van der Waals surface area contributed by atoms with Crippen LogP contribution in [0.3, 0.4) is 0 Å². The summed E-state index contributed by atoms with van der Waals surface area (Å²) in [5.41, 5.74) is 1.39. The van der Waals surface area contributed by atoms with Gasteiger partial charge in [-0.1, -0.05) is 72.7 Å². The van der Waals surface area contributed by atoms with E-state index in [0.717, 1.165) is 16.7 Å². The number of carbonyl (C=O) groups is 2. The quantitative estimate of drug-likeness (QED) is 0.258. The van der Waals surface area contributed by atoms with E-state index >= 15 is 0 Å². The molecule has 36 heavy (non-hydrogen) atoms. The molecule has 0 aromatic heterocycles. The molecule has 0 radical (unpaired) electrons. The Hall–Kier alpha value is -2.41. The van der Waals surface area contributed by atoms with Crippen molar-refractivity contribution in [3.63, 3.8) is 0 Å². The van der Waals surface area contributed by atoms with Crippen LogP contribution in [0.5, 0.6) is 0 Å². The molecule has 190 valence electrons. The third-order valence-electron chi connectivity index (χ3n) is 6.85. The van der Waals surface area contributed by atoms with Crippen molar-refractivity contribution in [2.24, 2.45) is 0 Å². The van der Waals surface area contributed by atoms with Gasteiger partial charge < -0.3 is 15.0 Å². The van der Waals surface area contributed by atoms with Gasteiger partial charge in [0.25, 0.3) is 0 Å².